The molecule has 0 rings (SSSR count). The van der Waals surface area contributed by atoms with E-state index in [1.807, 2.05) is 20.8 Å². The first-order valence-electron chi connectivity index (χ1n) is 2.85. The summed E-state index contributed by atoms with van der Waals surface area (Å²) in [5.74, 6) is 1.12. The summed E-state index contributed by atoms with van der Waals surface area (Å²) in [5.41, 5.74) is 5.47. The van der Waals surface area contributed by atoms with E-state index in [0.717, 1.165) is 5.92 Å². The highest BCUT2D eigenvalue weighted by Gasteiger charge is 2.04. The van der Waals surface area contributed by atoms with Gasteiger partial charge in [0.1, 0.15) is 6.23 Å². The highest BCUT2D eigenvalue weighted by molar-refractivity contribution is 4.83. The third-order valence-electron chi connectivity index (χ3n) is 0.915. The first-order valence-corrected chi connectivity index (χ1v) is 2.85. The maximum atomic E-state index is 5.47. The number of nitrogens with two attached hydrogens (primary N) is 1. The normalized spacial score (nSPS) is 14.6. The van der Waals surface area contributed by atoms with Crippen LogP contribution in [0.4, 0.5) is 0 Å². The summed E-state index contributed by atoms with van der Waals surface area (Å²) in [6, 6.07) is 0. The Kier molecular flexibility index (Phi) is 3.83. The van der Waals surface area contributed by atoms with Crippen molar-refractivity contribution in [2.45, 2.75) is 27.0 Å². The van der Waals surface area contributed by atoms with E-state index in [2.05, 4.69) is 0 Å². The summed E-state index contributed by atoms with van der Waals surface area (Å²) in [6.45, 7) is 6.54. The third kappa shape index (κ3) is 2.99. The average molecular weight is 116 g/mol. The van der Waals surface area contributed by atoms with Crippen LogP contribution in [0.25, 0.3) is 0 Å². The van der Waals surface area contributed by atoms with Crippen LogP contribution < -0.4 is 5.73 Å². The summed E-state index contributed by atoms with van der Waals surface area (Å²) in [7, 11) is 0. The van der Waals surface area contributed by atoms with Crippen molar-refractivity contribution in [3.05, 3.63) is 5.92 Å². The van der Waals surface area contributed by atoms with E-state index in [4.69, 9.17) is 10.5 Å². The van der Waals surface area contributed by atoms with Crippen molar-refractivity contribution >= 4 is 0 Å². The van der Waals surface area contributed by atoms with Crippen LogP contribution in [0.15, 0.2) is 0 Å². The summed E-state index contributed by atoms with van der Waals surface area (Å²) in [6.07, 6.45) is -0.167. The summed E-state index contributed by atoms with van der Waals surface area (Å²) < 4.78 is 5.04. The maximum absolute atomic E-state index is 5.47. The van der Waals surface area contributed by atoms with Gasteiger partial charge in [-0.25, -0.2) is 0 Å². The SMILES string of the molecule is CCOC(N)[C](C)C. The second-order valence-corrected chi connectivity index (χ2v) is 1.95. The van der Waals surface area contributed by atoms with Gasteiger partial charge in [-0.1, -0.05) is 13.8 Å². The number of hydrogen-bond donors (Lipinski definition) is 1. The molecular weight excluding hydrogens is 102 g/mol. The summed E-state index contributed by atoms with van der Waals surface area (Å²) >= 11 is 0. The molecule has 0 aromatic rings. The van der Waals surface area contributed by atoms with Crippen molar-refractivity contribution in [2.24, 2.45) is 5.73 Å². The number of hydrogen-bond acceptors (Lipinski definition) is 2. The molecule has 8 heavy (non-hydrogen) atoms. The van der Waals surface area contributed by atoms with Gasteiger partial charge >= 0.3 is 0 Å². The Hall–Kier alpha value is -0.0800. The smallest absolute Gasteiger partial charge is 0.111 e. The van der Waals surface area contributed by atoms with Crippen LogP contribution in [0.1, 0.15) is 20.8 Å². The molecule has 0 aliphatic rings. The van der Waals surface area contributed by atoms with Gasteiger partial charge in [-0.15, -0.1) is 0 Å². The minimum absolute atomic E-state index is 0.167. The fourth-order valence-corrected chi connectivity index (χ4v) is 0.346. The van der Waals surface area contributed by atoms with E-state index >= 15 is 0 Å². The molecule has 0 heterocycles. The molecule has 2 N–H and O–H groups in total. The lowest BCUT2D eigenvalue weighted by atomic mass is 10.2. The van der Waals surface area contributed by atoms with Crippen molar-refractivity contribution in [1.82, 2.24) is 0 Å². The molecule has 0 aliphatic carbocycles. The molecule has 0 amide bonds. The molecule has 0 saturated carbocycles. The van der Waals surface area contributed by atoms with Gasteiger partial charge in [0, 0.05) is 12.5 Å². The fourth-order valence-electron chi connectivity index (χ4n) is 0.346. The maximum Gasteiger partial charge on any atom is 0.111 e. The number of rotatable bonds is 3. The van der Waals surface area contributed by atoms with Crippen LogP contribution >= 0.6 is 0 Å². The predicted molar refractivity (Wildman–Crippen MR) is 34.2 cm³/mol. The second kappa shape index (κ2) is 3.87. The third-order valence-corrected chi connectivity index (χ3v) is 0.915. The van der Waals surface area contributed by atoms with Crippen LogP contribution in [-0.2, 0) is 4.74 Å². The van der Waals surface area contributed by atoms with Gasteiger partial charge in [0.05, 0.1) is 0 Å². The zero-order valence-corrected chi connectivity index (χ0v) is 5.77. The van der Waals surface area contributed by atoms with Gasteiger partial charge < -0.3 is 10.5 Å². The Balaban J connectivity index is 3.17. The van der Waals surface area contributed by atoms with Crippen molar-refractivity contribution in [2.75, 3.05) is 6.61 Å². The molecule has 0 fully saturated rings. The molecule has 49 valence electrons. The summed E-state index contributed by atoms with van der Waals surface area (Å²) in [4.78, 5) is 0. The lowest BCUT2D eigenvalue weighted by molar-refractivity contribution is 0.0784. The zero-order chi connectivity index (χ0) is 6.57. The minimum atomic E-state index is -0.167. The molecule has 0 bridgehead atoms. The Morgan fingerprint density at radius 1 is 1.62 bits per heavy atom. The van der Waals surface area contributed by atoms with E-state index in [-0.39, 0.29) is 6.23 Å². The van der Waals surface area contributed by atoms with Crippen molar-refractivity contribution in [3.63, 3.8) is 0 Å². The van der Waals surface area contributed by atoms with Crippen molar-refractivity contribution < 1.29 is 4.74 Å². The van der Waals surface area contributed by atoms with Gasteiger partial charge in [0.25, 0.3) is 0 Å². The van der Waals surface area contributed by atoms with Crippen molar-refractivity contribution in [1.29, 1.82) is 0 Å². The lowest BCUT2D eigenvalue weighted by Gasteiger charge is -2.13. The van der Waals surface area contributed by atoms with E-state index in [0.29, 0.717) is 6.61 Å². The van der Waals surface area contributed by atoms with Crippen molar-refractivity contribution in [3.8, 4) is 0 Å². The van der Waals surface area contributed by atoms with E-state index in [9.17, 15) is 0 Å². The molecule has 2 nitrogen and oxygen atoms in total. The van der Waals surface area contributed by atoms with Crippen LogP contribution in [-0.4, -0.2) is 12.8 Å². The van der Waals surface area contributed by atoms with Gasteiger partial charge in [-0.3, -0.25) is 0 Å². The van der Waals surface area contributed by atoms with Gasteiger partial charge in [-0.2, -0.15) is 0 Å². The molecule has 1 atom stereocenters. The largest absolute Gasteiger partial charge is 0.363 e. The number of ether oxygens (including phenoxy) is 1. The zero-order valence-electron chi connectivity index (χ0n) is 5.77. The topological polar surface area (TPSA) is 35.2 Å². The highest BCUT2D eigenvalue weighted by Crippen LogP contribution is 2.00. The Labute approximate surface area is 51.0 Å². The minimum Gasteiger partial charge on any atom is -0.363 e. The molecule has 0 saturated heterocycles. The molecule has 2 heteroatoms. The Morgan fingerprint density at radius 2 is 2.12 bits per heavy atom. The monoisotopic (exact) mass is 116 g/mol. The van der Waals surface area contributed by atoms with Gasteiger partial charge in [-0.05, 0) is 6.92 Å². The van der Waals surface area contributed by atoms with E-state index in [1.54, 1.807) is 0 Å². The summed E-state index contributed by atoms with van der Waals surface area (Å²) in [5, 5.41) is 0. The Bertz CT molecular complexity index is 54.5. The van der Waals surface area contributed by atoms with Crippen LogP contribution in [0.2, 0.25) is 0 Å². The molecule has 0 aromatic carbocycles. The van der Waals surface area contributed by atoms with Gasteiger partial charge in [0.2, 0.25) is 0 Å². The molecule has 0 spiro atoms. The quantitative estimate of drug-likeness (QED) is 0.556. The fraction of sp³-hybridized carbons (Fsp3) is 0.833. The molecule has 1 unspecified atom stereocenters. The molecule has 1 radical (unpaired) electrons. The Morgan fingerprint density at radius 3 is 2.25 bits per heavy atom. The van der Waals surface area contributed by atoms with Crippen LogP contribution in [0.5, 0.6) is 0 Å². The van der Waals surface area contributed by atoms with E-state index < -0.39 is 0 Å². The lowest BCUT2D eigenvalue weighted by Crippen LogP contribution is -2.28. The van der Waals surface area contributed by atoms with E-state index in [1.165, 1.54) is 0 Å². The molecular formula is C6H14NO. The standard InChI is InChI=1S/C6H14NO/c1-4-8-6(7)5(2)3/h6H,4,7H2,1-3H3. The van der Waals surface area contributed by atoms with Gasteiger partial charge in [0.15, 0.2) is 0 Å². The highest BCUT2D eigenvalue weighted by atomic mass is 16.5. The first-order chi connectivity index (χ1) is 3.68. The second-order valence-electron chi connectivity index (χ2n) is 1.95. The first kappa shape index (κ1) is 7.92. The average Bonchev–Trinajstić information content (AvgIpc) is 1.67. The predicted octanol–water partition coefficient (Wildman–Crippen LogP) is 0.922. The van der Waals surface area contributed by atoms with Crippen LogP contribution in [0, 0.1) is 5.92 Å². The van der Waals surface area contributed by atoms with Crippen LogP contribution in [0.3, 0.4) is 0 Å². The molecule has 0 aromatic heterocycles. The molecule has 0 aliphatic heterocycles.